The molecular formula is C21H17Br2N3O3. The second kappa shape index (κ2) is 8.80. The fraction of sp³-hybridized carbons (Fsp3) is 0.190. The molecule has 1 amide bonds. The molecule has 2 aromatic carbocycles. The Morgan fingerprint density at radius 2 is 1.90 bits per heavy atom. The van der Waals surface area contributed by atoms with E-state index < -0.39 is 5.91 Å². The number of carbonyl (C=O) groups excluding carboxylic acids is 1. The molecule has 29 heavy (non-hydrogen) atoms. The molecule has 0 spiro atoms. The molecule has 0 bridgehead atoms. The number of rotatable bonds is 5. The first-order valence-corrected chi connectivity index (χ1v) is 10.2. The van der Waals surface area contributed by atoms with Gasteiger partial charge >= 0.3 is 5.91 Å². The number of nitrogens with zero attached hydrogens (tertiary/aromatic N) is 3. The molecule has 3 aromatic rings. The van der Waals surface area contributed by atoms with Crippen molar-refractivity contribution in [1.29, 1.82) is 0 Å². The number of amides is 1. The van der Waals surface area contributed by atoms with Crippen LogP contribution in [-0.4, -0.2) is 22.2 Å². The Labute approximate surface area is 184 Å². The van der Waals surface area contributed by atoms with Gasteiger partial charge < -0.3 is 9.84 Å². The maximum atomic E-state index is 12.2. The van der Waals surface area contributed by atoms with Crippen LogP contribution in [0.25, 0.3) is 10.9 Å². The summed E-state index contributed by atoms with van der Waals surface area (Å²) in [5.74, 6) is 2.41. The average molecular weight is 519 g/mol. The maximum absolute atomic E-state index is 12.2. The third kappa shape index (κ3) is 4.52. The summed E-state index contributed by atoms with van der Waals surface area (Å²) in [6.45, 7) is 3.70. The van der Waals surface area contributed by atoms with Gasteiger partial charge in [0.2, 0.25) is 5.88 Å². The van der Waals surface area contributed by atoms with E-state index in [1.165, 1.54) is 4.57 Å². The number of aryl methyl sites for hydroxylation is 2. The minimum Gasteiger partial charge on any atom is -0.493 e. The predicted molar refractivity (Wildman–Crippen MR) is 119 cm³/mol. The molecule has 1 N–H and O–H groups in total. The number of hydrogen-bond donors (Lipinski definition) is 1. The van der Waals surface area contributed by atoms with Crippen molar-refractivity contribution in [3.05, 3.63) is 50.4 Å². The van der Waals surface area contributed by atoms with E-state index in [0.717, 1.165) is 20.1 Å². The number of aromatic hydroxyl groups is 1. The summed E-state index contributed by atoms with van der Waals surface area (Å²) < 4.78 is 8.90. The molecule has 0 aliphatic rings. The van der Waals surface area contributed by atoms with Crippen molar-refractivity contribution in [1.82, 2.24) is 4.57 Å². The highest BCUT2D eigenvalue weighted by Crippen LogP contribution is 2.40. The van der Waals surface area contributed by atoms with Gasteiger partial charge in [-0.2, -0.15) is 0 Å². The van der Waals surface area contributed by atoms with E-state index in [9.17, 15) is 9.90 Å². The molecule has 3 rings (SSSR count). The van der Waals surface area contributed by atoms with Crippen LogP contribution in [0.1, 0.15) is 11.1 Å². The summed E-state index contributed by atoms with van der Waals surface area (Å²) in [5.41, 5.74) is 2.69. The lowest BCUT2D eigenvalue weighted by molar-refractivity contribution is -0.120. The van der Waals surface area contributed by atoms with Gasteiger partial charge in [-0.15, -0.1) is 16.7 Å². The number of fused-ring (bicyclic) bond motifs is 1. The zero-order valence-electron chi connectivity index (χ0n) is 15.7. The maximum Gasteiger partial charge on any atom is 0.302 e. The van der Waals surface area contributed by atoms with Crippen LogP contribution in [0.15, 0.2) is 49.5 Å². The van der Waals surface area contributed by atoms with Crippen molar-refractivity contribution in [3.63, 3.8) is 0 Å². The molecule has 1 heterocycles. The quantitative estimate of drug-likeness (QED) is 0.342. The Kier molecular flexibility index (Phi) is 6.40. The van der Waals surface area contributed by atoms with Crippen LogP contribution in [0.3, 0.4) is 0 Å². The van der Waals surface area contributed by atoms with E-state index in [2.05, 4.69) is 48.0 Å². The van der Waals surface area contributed by atoms with Crippen molar-refractivity contribution in [3.8, 4) is 24.0 Å². The fourth-order valence-corrected chi connectivity index (χ4v) is 4.09. The van der Waals surface area contributed by atoms with Gasteiger partial charge in [0, 0.05) is 14.3 Å². The lowest BCUT2D eigenvalue weighted by Crippen LogP contribution is -2.09. The molecule has 148 valence electrons. The molecule has 0 aliphatic carbocycles. The first kappa shape index (κ1) is 21.1. The second-order valence-electron chi connectivity index (χ2n) is 6.38. The van der Waals surface area contributed by atoms with Crippen LogP contribution in [0, 0.1) is 26.2 Å². The molecular weight excluding hydrogens is 502 g/mol. The summed E-state index contributed by atoms with van der Waals surface area (Å²) in [5, 5.41) is 18.8. The summed E-state index contributed by atoms with van der Waals surface area (Å²) in [7, 11) is 0. The van der Waals surface area contributed by atoms with Crippen LogP contribution in [0.4, 0.5) is 5.69 Å². The molecule has 6 nitrogen and oxygen atoms in total. The summed E-state index contributed by atoms with van der Waals surface area (Å²) in [6.07, 6.45) is 5.39. The number of carbonyl (C=O) groups is 1. The number of benzene rings is 2. The summed E-state index contributed by atoms with van der Waals surface area (Å²) in [6, 6.07) is 9.23. The minimum atomic E-state index is -0.570. The second-order valence-corrected chi connectivity index (χ2v) is 8.21. The van der Waals surface area contributed by atoms with Gasteiger partial charge in [-0.1, -0.05) is 37.8 Å². The zero-order chi connectivity index (χ0) is 21.1. The van der Waals surface area contributed by atoms with E-state index in [1.54, 1.807) is 12.1 Å². The van der Waals surface area contributed by atoms with Crippen molar-refractivity contribution < 1.29 is 14.6 Å². The van der Waals surface area contributed by atoms with E-state index in [-0.39, 0.29) is 24.7 Å². The van der Waals surface area contributed by atoms with Gasteiger partial charge in [0.1, 0.15) is 5.75 Å². The highest BCUT2D eigenvalue weighted by molar-refractivity contribution is 9.10. The standard InChI is InChI=1S/C21H17Br2N3O3/c1-4-7-26-17-6-5-14(22)10-16(17)19(21(26)28)25-24-18(27)11-29-20-12(2)8-15(23)9-13(20)3/h1,5-6,8-10,28H,7,11H2,2-3H3. The molecule has 0 saturated carbocycles. The number of hydrogen-bond acceptors (Lipinski definition) is 4. The highest BCUT2D eigenvalue weighted by atomic mass is 79.9. The zero-order valence-corrected chi connectivity index (χ0v) is 18.9. The first-order chi connectivity index (χ1) is 13.8. The van der Waals surface area contributed by atoms with Gasteiger partial charge in [-0.05, 0) is 55.3 Å². The van der Waals surface area contributed by atoms with Gasteiger partial charge in [0.25, 0.3) is 0 Å². The van der Waals surface area contributed by atoms with Crippen molar-refractivity contribution in [2.75, 3.05) is 6.61 Å². The third-order valence-corrected chi connectivity index (χ3v) is 5.20. The van der Waals surface area contributed by atoms with Gasteiger partial charge in [0.05, 0.1) is 12.1 Å². The number of azo groups is 1. The fourth-order valence-electron chi connectivity index (χ4n) is 3.04. The van der Waals surface area contributed by atoms with Crippen LogP contribution >= 0.6 is 31.9 Å². The van der Waals surface area contributed by atoms with Gasteiger partial charge in [-0.25, -0.2) is 0 Å². The molecule has 0 fully saturated rings. The van der Waals surface area contributed by atoms with Crippen LogP contribution in [0.2, 0.25) is 0 Å². The van der Waals surface area contributed by atoms with Gasteiger partial charge in [0.15, 0.2) is 12.3 Å². The Balaban J connectivity index is 1.84. The lowest BCUT2D eigenvalue weighted by atomic mass is 10.1. The SMILES string of the molecule is C#CCn1c(O)c(N=NC(=O)COc2c(C)cc(Br)cc2C)c2cc(Br)ccc21. The smallest absolute Gasteiger partial charge is 0.302 e. The predicted octanol–water partition coefficient (Wildman–Crippen LogP) is 5.81. The van der Waals surface area contributed by atoms with Gasteiger partial charge in [-0.3, -0.25) is 9.36 Å². The monoisotopic (exact) mass is 517 g/mol. The molecule has 0 aliphatic heterocycles. The normalized spacial score (nSPS) is 11.1. The van der Waals surface area contributed by atoms with E-state index in [1.807, 2.05) is 32.0 Å². The molecule has 0 unspecified atom stereocenters. The largest absolute Gasteiger partial charge is 0.493 e. The first-order valence-electron chi connectivity index (χ1n) is 8.60. The Morgan fingerprint density at radius 1 is 1.21 bits per heavy atom. The molecule has 0 radical (unpaired) electrons. The Hall–Kier alpha value is -2.63. The Bertz CT molecular complexity index is 1150. The van der Waals surface area contributed by atoms with E-state index >= 15 is 0 Å². The molecule has 0 saturated heterocycles. The Morgan fingerprint density at radius 3 is 2.55 bits per heavy atom. The van der Waals surface area contributed by atoms with E-state index in [0.29, 0.717) is 16.7 Å². The summed E-state index contributed by atoms with van der Waals surface area (Å²) in [4.78, 5) is 12.2. The van der Waals surface area contributed by atoms with Crippen LogP contribution in [-0.2, 0) is 11.3 Å². The van der Waals surface area contributed by atoms with Crippen LogP contribution in [0.5, 0.6) is 11.6 Å². The molecule has 1 aromatic heterocycles. The number of aromatic nitrogens is 1. The number of halogens is 2. The topological polar surface area (TPSA) is 76.2 Å². The number of terminal acetylenes is 1. The average Bonchev–Trinajstić information content (AvgIpc) is 2.90. The summed E-state index contributed by atoms with van der Waals surface area (Å²) >= 11 is 6.82. The van der Waals surface area contributed by atoms with Crippen LogP contribution < -0.4 is 4.74 Å². The van der Waals surface area contributed by atoms with Crippen molar-refractivity contribution >= 4 is 54.4 Å². The van der Waals surface area contributed by atoms with Crippen molar-refractivity contribution in [2.24, 2.45) is 10.2 Å². The molecule has 8 heteroatoms. The molecule has 0 atom stereocenters. The van der Waals surface area contributed by atoms with Crippen molar-refractivity contribution in [2.45, 2.75) is 20.4 Å². The minimum absolute atomic E-state index is 0.145. The number of ether oxygens (including phenoxy) is 1. The van der Waals surface area contributed by atoms with E-state index in [4.69, 9.17) is 11.2 Å². The lowest BCUT2D eigenvalue weighted by Gasteiger charge is -2.10. The third-order valence-electron chi connectivity index (χ3n) is 4.25. The highest BCUT2D eigenvalue weighted by Gasteiger charge is 2.17.